The van der Waals surface area contributed by atoms with Crippen LogP contribution in [0.4, 0.5) is 0 Å². The molecule has 0 spiro atoms. The molecule has 2 unspecified atom stereocenters. The summed E-state index contributed by atoms with van der Waals surface area (Å²) < 4.78 is 12.3. The molecular weight excluding hydrogens is 689 g/mol. The van der Waals surface area contributed by atoms with Gasteiger partial charge >= 0.3 is 11.9 Å². The quantitative estimate of drug-likeness (QED) is 0.0567. The number of aliphatic hydroxyl groups excluding tert-OH is 2. The van der Waals surface area contributed by atoms with Gasteiger partial charge in [-0.2, -0.15) is 0 Å². The number of unbranched alkanes of at least 4 members (excludes halogenated alkanes) is 13. The number of hydrogen-bond acceptors (Lipinski definition) is 7. The number of likely N-dealkylation sites (N-methyl/N-ethyl adjacent to an activating group) is 2. The lowest BCUT2D eigenvalue weighted by Crippen LogP contribution is -3.00. The Kier molecular flexibility index (Phi) is 37.6. The van der Waals surface area contributed by atoms with Crippen molar-refractivity contribution in [2.75, 3.05) is 87.2 Å². The number of quaternary nitrogens is 2. The van der Waals surface area contributed by atoms with E-state index in [1.807, 2.05) is 0 Å². The average molecular weight is 773 g/mol. The largest absolute Gasteiger partial charge is 1.00 e. The predicted octanol–water partition coefficient (Wildman–Crippen LogP) is 1.12. The summed E-state index contributed by atoms with van der Waals surface area (Å²) in [6.07, 6.45) is 20.2. The second kappa shape index (κ2) is 35.0. The summed E-state index contributed by atoms with van der Waals surface area (Å²) in [5, 5.41) is 22.1. The SMILES string of the molecule is CCCCCCCCCC(=O)OCCC[N+](C)(C)CC(O)CN(CCCC)CC(O)C[N+](C)(C)CCCOC(=O)CCCCCCCCC.[Cl-].[Cl-]. The van der Waals surface area contributed by atoms with Crippen LogP contribution in [-0.2, 0) is 19.1 Å². The topological polar surface area (TPSA) is 96.3 Å². The van der Waals surface area contributed by atoms with Gasteiger partial charge in [-0.05, 0) is 25.8 Å². The molecule has 0 aliphatic carbocycles. The highest BCUT2D eigenvalue weighted by molar-refractivity contribution is 5.69. The highest BCUT2D eigenvalue weighted by Gasteiger charge is 2.26. The maximum Gasteiger partial charge on any atom is 0.305 e. The molecule has 0 fully saturated rings. The van der Waals surface area contributed by atoms with Crippen molar-refractivity contribution in [3.8, 4) is 0 Å². The van der Waals surface area contributed by atoms with Gasteiger partial charge in [0.15, 0.2) is 0 Å². The molecule has 0 heterocycles. The first-order valence-corrected chi connectivity index (χ1v) is 20.4. The Morgan fingerprint density at radius 2 is 0.863 bits per heavy atom. The first-order valence-electron chi connectivity index (χ1n) is 20.4. The summed E-state index contributed by atoms with van der Waals surface area (Å²) >= 11 is 0. The number of carbonyl (C=O) groups excluding carboxylic acids is 2. The van der Waals surface area contributed by atoms with Crippen LogP contribution >= 0.6 is 0 Å². The van der Waals surface area contributed by atoms with Gasteiger partial charge in [-0.25, -0.2) is 0 Å². The number of ether oxygens (including phenoxy) is 2. The van der Waals surface area contributed by atoms with Gasteiger partial charge in [0.2, 0.25) is 0 Å². The number of halogens is 2. The normalized spacial score (nSPS) is 13.0. The third kappa shape index (κ3) is 36.1. The van der Waals surface area contributed by atoms with Crippen LogP contribution in [0.2, 0.25) is 0 Å². The Bertz CT molecular complexity index is 746. The molecule has 0 aliphatic heterocycles. The molecule has 51 heavy (non-hydrogen) atoms. The molecule has 0 aliphatic rings. The maximum absolute atomic E-state index is 12.1. The van der Waals surface area contributed by atoms with E-state index in [9.17, 15) is 19.8 Å². The molecule has 9 nitrogen and oxygen atoms in total. The lowest BCUT2D eigenvalue weighted by molar-refractivity contribution is -0.893. The van der Waals surface area contributed by atoms with E-state index in [4.69, 9.17) is 9.47 Å². The highest BCUT2D eigenvalue weighted by atomic mass is 35.5. The van der Waals surface area contributed by atoms with Crippen LogP contribution in [-0.4, -0.2) is 135 Å². The van der Waals surface area contributed by atoms with Gasteiger partial charge in [-0.3, -0.25) is 14.5 Å². The van der Waals surface area contributed by atoms with Gasteiger partial charge in [-0.1, -0.05) is 104 Å². The van der Waals surface area contributed by atoms with Crippen molar-refractivity contribution in [1.82, 2.24) is 4.90 Å². The van der Waals surface area contributed by atoms with Crippen LogP contribution in [0.1, 0.15) is 149 Å². The fourth-order valence-electron chi connectivity index (χ4n) is 6.63. The Labute approximate surface area is 327 Å². The van der Waals surface area contributed by atoms with E-state index < -0.39 is 12.2 Å². The van der Waals surface area contributed by atoms with Crippen LogP contribution in [0, 0.1) is 0 Å². The summed E-state index contributed by atoms with van der Waals surface area (Å²) in [4.78, 5) is 26.4. The molecule has 0 aromatic heterocycles. The fourth-order valence-corrected chi connectivity index (χ4v) is 6.63. The van der Waals surface area contributed by atoms with E-state index in [2.05, 4.69) is 53.9 Å². The van der Waals surface area contributed by atoms with Crippen molar-refractivity contribution in [1.29, 1.82) is 0 Å². The Morgan fingerprint density at radius 1 is 0.529 bits per heavy atom. The number of rotatable bonds is 35. The summed E-state index contributed by atoms with van der Waals surface area (Å²) in [6.45, 7) is 12.2. The third-order valence-electron chi connectivity index (χ3n) is 9.49. The summed E-state index contributed by atoms with van der Waals surface area (Å²) in [6, 6.07) is 0. The molecule has 0 bridgehead atoms. The number of carbonyl (C=O) groups is 2. The Balaban J connectivity index is -0.0000115. The van der Waals surface area contributed by atoms with Gasteiger partial charge in [0.05, 0.1) is 54.5 Å². The van der Waals surface area contributed by atoms with Crippen molar-refractivity contribution in [3.63, 3.8) is 0 Å². The second-order valence-corrected chi connectivity index (χ2v) is 16.0. The van der Waals surface area contributed by atoms with Crippen LogP contribution in [0.25, 0.3) is 0 Å². The van der Waals surface area contributed by atoms with Gasteiger partial charge in [0, 0.05) is 38.8 Å². The molecule has 2 atom stereocenters. The first-order chi connectivity index (χ1) is 23.3. The van der Waals surface area contributed by atoms with Gasteiger partial charge in [0.1, 0.15) is 25.3 Å². The number of esters is 2. The van der Waals surface area contributed by atoms with E-state index in [-0.39, 0.29) is 36.8 Å². The minimum absolute atomic E-state index is 0. The molecule has 0 aromatic rings. The second-order valence-electron chi connectivity index (χ2n) is 16.0. The molecule has 308 valence electrons. The van der Waals surface area contributed by atoms with E-state index in [0.717, 1.165) is 71.0 Å². The lowest BCUT2D eigenvalue weighted by Gasteiger charge is -2.36. The molecule has 0 radical (unpaired) electrons. The number of nitrogens with zero attached hydrogens (tertiary/aromatic N) is 3. The van der Waals surface area contributed by atoms with Crippen LogP contribution in [0.3, 0.4) is 0 Å². The zero-order valence-corrected chi connectivity index (χ0v) is 35.8. The molecular formula is C40H83Cl2N3O6. The van der Waals surface area contributed by atoms with Crippen LogP contribution in [0.15, 0.2) is 0 Å². The van der Waals surface area contributed by atoms with E-state index in [0.29, 0.717) is 61.2 Å². The maximum atomic E-state index is 12.1. The lowest BCUT2D eigenvalue weighted by atomic mass is 10.1. The standard InChI is InChI=1S/C40H83N3O6.2ClH/c1-8-11-14-16-18-20-22-26-39(46)48-31-24-29-42(4,5)35-37(44)33-41(28-13-10-3)34-38(45)36-43(6,7)30-25-32-49-40(47)27-23-21-19-17-15-12-9-2;;/h37-38,44-45H,8-36H2,1-7H3;2*1H/q+2;;/p-2. The van der Waals surface area contributed by atoms with E-state index >= 15 is 0 Å². The predicted molar refractivity (Wildman–Crippen MR) is 203 cm³/mol. The molecule has 0 amide bonds. The van der Waals surface area contributed by atoms with Crippen molar-refractivity contribution < 1.29 is 63.1 Å². The Morgan fingerprint density at radius 3 is 1.22 bits per heavy atom. The van der Waals surface area contributed by atoms with Crippen LogP contribution in [0.5, 0.6) is 0 Å². The van der Waals surface area contributed by atoms with E-state index in [1.165, 1.54) is 64.2 Å². The first kappa shape index (κ1) is 54.7. The fraction of sp³-hybridized carbons (Fsp3) is 0.950. The van der Waals surface area contributed by atoms with E-state index in [1.54, 1.807) is 0 Å². The summed E-state index contributed by atoms with van der Waals surface area (Å²) in [5.74, 6) is -0.188. The molecule has 11 heteroatoms. The zero-order valence-electron chi connectivity index (χ0n) is 34.3. The van der Waals surface area contributed by atoms with Crippen molar-refractivity contribution in [3.05, 3.63) is 0 Å². The molecule has 0 rings (SSSR count). The van der Waals surface area contributed by atoms with Crippen LogP contribution < -0.4 is 24.8 Å². The highest BCUT2D eigenvalue weighted by Crippen LogP contribution is 2.12. The Hall–Kier alpha value is -0.680. The van der Waals surface area contributed by atoms with Crippen molar-refractivity contribution >= 4 is 11.9 Å². The van der Waals surface area contributed by atoms with Gasteiger partial charge < -0.3 is 53.5 Å². The van der Waals surface area contributed by atoms with Crippen molar-refractivity contribution in [2.24, 2.45) is 0 Å². The van der Waals surface area contributed by atoms with Crippen molar-refractivity contribution in [2.45, 2.75) is 161 Å². The summed E-state index contributed by atoms with van der Waals surface area (Å²) in [5.41, 5.74) is 0. The molecule has 0 saturated heterocycles. The smallest absolute Gasteiger partial charge is 0.305 e. The minimum Gasteiger partial charge on any atom is -1.00 e. The molecule has 0 aromatic carbocycles. The number of hydrogen-bond donors (Lipinski definition) is 2. The average Bonchev–Trinajstić information content (AvgIpc) is 3.02. The van der Waals surface area contributed by atoms with Gasteiger partial charge in [0.25, 0.3) is 0 Å². The number of aliphatic hydroxyl groups is 2. The molecule has 2 N–H and O–H groups in total. The monoisotopic (exact) mass is 772 g/mol. The molecule has 0 saturated carbocycles. The summed E-state index contributed by atoms with van der Waals surface area (Å²) in [7, 11) is 8.45. The zero-order chi connectivity index (χ0) is 36.8. The van der Waals surface area contributed by atoms with Gasteiger partial charge in [-0.15, -0.1) is 0 Å². The third-order valence-corrected chi connectivity index (χ3v) is 9.49. The minimum atomic E-state index is -0.517.